The monoisotopic (exact) mass is 359 g/mol. The fourth-order valence-electron chi connectivity index (χ4n) is 4.94. The SMILES string of the molecule is COc1ccc2c(c1)C1(CCN(C)C)CC3(CCC1(O)C=C2)OCCO3. The van der Waals surface area contributed by atoms with Crippen molar-refractivity contribution in [2.45, 2.75) is 42.5 Å². The Hall–Kier alpha value is -1.40. The predicted molar refractivity (Wildman–Crippen MR) is 100 cm³/mol. The summed E-state index contributed by atoms with van der Waals surface area (Å²) in [7, 11) is 5.83. The summed E-state index contributed by atoms with van der Waals surface area (Å²) >= 11 is 0. The summed E-state index contributed by atoms with van der Waals surface area (Å²) in [4.78, 5) is 2.17. The molecule has 5 heteroatoms. The topological polar surface area (TPSA) is 51.2 Å². The summed E-state index contributed by atoms with van der Waals surface area (Å²) in [6.45, 7) is 2.13. The fourth-order valence-corrected chi connectivity index (χ4v) is 4.94. The van der Waals surface area contributed by atoms with Crippen LogP contribution in [0.25, 0.3) is 6.08 Å². The number of hydrogen-bond acceptors (Lipinski definition) is 5. The van der Waals surface area contributed by atoms with Crippen LogP contribution in [0.3, 0.4) is 0 Å². The van der Waals surface area contributed by atoms with E-state index in [9.17, 15) is 5.11 Å². The lowest BCUT2D eigenvalue weighted by molar-refractivity contribution is -0.223. The maximum absolute atomic E-state index is 11.8. The largest absolute Gasteiger partial charge is 0.497 e. The molecule has 2 aliphatic carbocycles. The van der Waals surface area contributed by atoms with Crippen molar-refractivity contribution in [2.24, 2.45) is 0 Å². The molecule has 1 spiro atoms. The molecule has 26 heavy (non-hydrogen) atoms. The Morgan fingerprint density at radius 3 is 2.65 bits per heavy atom. The van der Waals surface area contributed by atoms with Crippen LogP contribution < -0.4 is 4.74 Å². The van der Waals surface area contributed by atoms with Gasteiger partial charge >= 0.3 is 0 Å². The highest BCUT2D eigenvalue weighted by molar-refractivity contribution is 5.64. The summed E-state index contributed by atoms with van der Waals surface area (Å²) in [5.41, 5.74) is 0.924. The molecular weight excluding hydrogens is 330 g/mol. The van der Waals surface area contributed by atoms with Crippen LogP contribution >= 0.6 is 0 Å². The number of benzene rings is 1. The van der Waals surface area contributed by atoms with Crippen LogP contribution in [0.2, 0.25) is 0 Å². The van der Waals surface area contributed by atoms with Gasteiger partial charge in [-0.3, -0.25) is 0 Å². The smallest absolute Gasteiger partial charge is 0.169 e. The average molecular weight is 359 g/mol. The lowest BCUT2D eigenvalue weighted by Gasteiger charge is -2.56. The van der Waals surface area contributed by atoms with Crippen molar-refractivity contribution in [1.82, 2.24) is 4.90 Å². The number of methoxy groups -OCH3 is 1. The molecule has 1 aromatic rings. The molecule has 4 rings (SSSR count). The molecule has 1 aliphatic heterocycles. The first-order chi connectivity index (χ1) is 12.4. The maximum atomic E-state index is 11.8. The van der Waals surface area contributed by atoms with Crippen LogP contribution in [0.15, 0.2) is 24.3 Å². The van der Waals surface area contributed by atoms with Gasteiger partial charge in [0.1, 0.15) is 5.75 Å². The molecule has 0 radical (unpaired) electrons. The van der Waals surface area contributed by atoms with Crippen molar-refractivity contribution in [1.29, 1.82) is 0 Å². The molecule has 142 valence electrons. The van der Waals surface area contributed by atoms with Crippen LogP contribution in [-0.2, 0) is 14.9 Å². The van der Waals surface area contributed by atoms with E-state index in [1.54, 1.807) is 7.11 Å². The summed E-state index contributed by atoms with van der Waals surface area (Å²) in [6, 6.07) is 6.15. The molecule has 2 fully saturated rings. The van der Waals surface area contributed by atoms with Gasteiger partial charge in [-0.15, -0.1) is 0 Å². The number of nitrogens with zero attached hydrogens (tertiary/aromatic N) is 1. The van der Waals surface area contributed by atoms with Crippen LogP contribution in [0.4, 0.5) is 0 Å². The normalized spacial score (nSPS) is 31.9. The van der Waals surface area contributed by atoms with Gasteiger partial charge in [-0.1, -0.05) is 18.2 Å². The molecule has 1 aromatic carbocycles. The van der Waals surface area contributed by atoms with Gasteiger partial charge in [-0.2, -0.15) is 0 Å². The van der Waals surface area contributed by atoms with Crippen LogP contribution in [0.1, 0.15) is 36.8 Å². The molecular formula is C21H29NO4. The van der Waals surface area contributed by atoms with Crippen molar-refractivity contribution in [2.75, 3.05) is 41.0 Å². The van der Waals surface area contributed by atoms with Gasteiger partial charge in [0, 0.05) is 18.3 Å². The fraction of sp³-hybridized carbons (Fsp3) is 0.619. The molecule has 2 unspecified atom stereocenters. The molecule has 0 amide bonds. The zero-order valence-electron chi connectivity index (χ0n) is 16.0. The Balaban J connectivity index is 1.85. The van der Waals surface area contributed by atoms with E-state index in [1.807, 2.05) is 12.1 Å². The number of rotatable bonds is 4. The highest BCUT2D eigenvalue weighted by atomic mass is 16.7. The molecule has 1 saturated heterocycles. The molecule has 3 aliphatic rings. The Labute approximate surface area is 155 Å². The second-order valence-electron chi connectivity index (χ2n) is 8.13. The molecule has 0 aromatic heterocycles. The average Bonchev–Trinajstić information content (AvgIpc) is 3.09. The minimum Gasteiger partial charge on any atom is -0.497 e. The zero-order valence-corrected chi connectivity index (χ0v) is 16.0. The van der Waals surface area contributed by atoms with Crippen molar-refractivity contribution >= 4 is 6.08 Å². The minimum absolute atomic E-state index is 0.460. The van der Waals surface area contributed by atoms with E-state index in [2.05, 4.69) is 37.2 Å². The Bertz CT molecular complexity index is 710. The van der Waals surface area contributed by atoms with E-state index in [1.165, 1.54) is 0 Å². The molecule has 1 heterocycles. The molecule has 0 bridgehead atoms. The lowest BCUT2D eigenvalue weighted by atomic mass is 9.54. The number of aliphatic hydroxyl groups is 1. The summed E-state index contributed by atoms with van der Waals surface area (Å²) in [5, 5.41) is 11.8. The van der Waals surface area contributed by atoms with Gasteiger partial charge < -0.3 is 24.2 Å². The first-order valence-corrected chi connectivity index (χ1v) is 9.45. The molecule has 1 N–H and O–H groups in total. The van der Waals surface area contributed by atoms with Crippen molar-refractivity contribution in [3.63, 3.8) is 0 Å². The third-order valence-corrected chi connectivity index (χ3v) is 6.40. The van der Waals surface area contributed by atoms with Gasteiger partial charge in [0.2, 0.25) is 0 Å². The van der Waals surface area contributed by atoms with Gasteiger partial charge in [-0.05, 0) is 56.7 Å². The third kappa shape index (κ3) is 2.69. The van der Waals surface area contributed by atoms with Gasteiger partial charge in [0.05, 0.1) is 25.9 Å². The molecule has 2 atom stereocenters. The molecule has 1 saturated carbocycles. The van der Waals surface area contributed by atoms with Gasteiger partial charge in [0.15, 0.2) is 5.79 Å². The Morgan fingerprint density at radius 2 is 1.96 bits per heavy atom. The van der Waals surface area contributed by atoms with Gasteiger partial charge in [-0.25, -0.2) is 0 Å². The number of fused-ring (bicyclic) bond motifs is 3. The molecule has 5 nitrogen and oxygen atoms in total. The Morgan fingerprint density at radius 1 is 1.19 bits per heavy atom. The van der Waals surface area contributed by atoms with E-state index in [4.69, 9.17) is 14.2 Å². The summed E-state index contributed by atoms with van der Waals surface area (Å²) < 4.78 is 17.7. The van der Waals surface area contributed by atoms with Crippen LogP contribution in [0.5, 0.6) is 5.75 Å². The van der Waals surface area contributed by atoms with E-state index in [-0.39, 0.29) is 0 Å². The number of hydrogen-bond donors (Lipinski definition) is 1. The highest BCUT2D eigenvalue weighted by Crippen LogP contribution is 2.57. The second kappa shape index (κ2) is 6.34. The predicted octanol–water partition coefficient (Wildman–Crippen LogP) is 2.57. The van der Waals surface area contributed by atoms with E-state index >= 15 is 0 Å². The van der Waals surface area contributed by atoms with E-state index < -0.39 is 16.8 Å². The van der Waals surface area contributed by atoms with E-state index in [0.29, 0.717) is 26.1 Å². The van der Waals surface area contributed by atoms with Crippen LogP contribution in [-0.4, -0.2) is 62.4 Å². The van der Waals surface area contributed by atoms with Crippen LogP contribution in [0, 0.1) is 0 Å². The zero-order chi connectivity index (χ0) is 18.4. The summed E-state index contributed by atoms with van der Waals surface area (Å²) in [5.74, 6) is 0.239. The lowest BCUT2D eigenvalue weighted by Crippen LogP contribution is -2.61. The second-order valence-corrected chi connectivity index (χ2v) is 8.13. The third-order valence-electron chi connectivity index (χ3n) is 6.40. The first kappa shape index (κ1) is 18.0. The van der Waals surface area contributed by atoms with Crippen molar-refractivity contribution in [3.8, 4) is 5.75 Å². The van der Waals surface area contributed by atoms with Crippen molar-refractivity contribution in [3.05, 3.63) is 35.4 Å². The Kier molecular flexibility index (Phi) is 4.39. The maximum Gasteiger partial charge on any atom is 0.169 e. The standard InChI is InChI=1S/C21H29NO4/c1-22(2)11-10-19-15-21(25-12-13-26-21)9-8-20(19,23)7-6-16-4-5-17(24-3)14-18(16)19/h4-7,14,23H,8-13,15H2,1-3H3. The quantitative estimate of drug-likeness (QED) is 0.895. The minimum atomic E-state index is -0.900. The first-order valence-electron chi connectivity index (χ1n) is 9.45. The van der Waals surface area contributed by atoms with E-state index in [0.717, 1.165) is 36.3 Å². The van der Waals surface area contributed by atoms with Gasteiger partial charge in [0.25, 0.3) is 0 Å². The highest BCUT2D eigenvalue weighted by Gasteiger charge is 2.61. The number of ether oxygens (including phenoxy) is 3. The summed E-state index contributed by atoms with van der Waals surface area (Å²) in [6.07, 6.45) is 6.89. The van der Waals surface area contributed by atoms with Crippen molar-refractivity contribution < 1.29 is 19.3 Å².